The highest BCUT2D eigenvalue weighted by Crippen LogP contribution is 2.30. The van der Waals surface area contributed by atoms with Crippen molar-refractivity contribution in [1.29, 1.82) is 0 Å². The topological polar surface area (TPSA) is 52.1 Å². The Morgan fingerprint density at radius 2 is 1.90 bits per heavy atom. The zero-order valence-corrected chi connectivity index (χ0v) is 15.3. The third-order valence-corrected chi connectivity index (χ3v) is 3.56. The molecule has 0 aliphatic carbocycles. The zero-order valence-electron chi connectivity index (χ0n) is 12.2. The van der Waals surface area contributed by atoms with Gasteiger partial charge in [-0.15, -0.1) is 0 Å². The molecule has 1 aromatic rings. The van der Waals surface area contributed by atoms with E-state index >= 15 is 0 Å². The number of halogens is 3. The van der Waals surface area contributed by atoms with Gasteiger partial charge < -0.3 is 4.74 Å². The van der Waals surface area contributed by atoms with E-state index in [0.29, 0.717) is 5.03 Å². The van der Waals surface area contributed by atoms with E-state index in [9.17, 15) is 4.79 Å². The highest BCUT2D eigenvalue weighted by molar-refractivity contribution is 8.13. The van der Waals surface area contributed by atoms with Crippen LogP contribution in [0.25, 0.3) is 0 Å². The normalized spacial score (nSPS) is 12.0. The molecule has 4 nitrogen and oxygen atoms in total. The van der Waals surface area contributed by atoms with E-state index in [1.54, 1.807) is 6.20 Å². The average Bonchev–Trinajstić information content (AvgIpc) is 2.35. The molecule has 1 rings (SSSR count). The van der Waals surface area contributed by atoms with Crippen molar-refractivity contribution in [2.24, 2.45) is 0 Å². The summed E-state index contributed by atoms with van der Waals surface area (Å²) in [5.74, 6) is 0.359. The van der Waals surface area contributed by atoms with Gasteiger partial charge in [0.1, 0.15) is 11.6 Å². The van der Waals surface area contributed by atoms with Gasteiger partial charge in [0.15, 0.2) is 0 Å². The molecule has 0 amide bonds. The molecule has 0 radical (unpaired) electrons. The molecule has 0 saturated heterocycles. The van der Waals surface area contributed by atoms with Gasteiger partial charge in [-0.3, -0.25) is 4.98 Å². The summed E-state index contributed by atoms with van der Waals surface area (Å²) in [5.41, 5.74) is 1.56. The van der Waals surface area contributed by atoms with Crippen molar-refractivity contribution in [2.45, 2.75) is 48.3 Å². The van der Waals surface area contributed by atoms with Crippen LogP contribution in [0.15, 0.2) is 11.2 Å². The highest BCUT2D eigenvalue weighted by atomic mass is 35.6. The Bertz CT molecular complexity index is 505. The van der Waals surface area contributed by atoms with E-state index in [1.807, 2.05) is 27.7 Å². The number of nitrogens with zero attached hydrogens (tertiary/aromatic N) is 2. The van der Waals surface area contributed by atoms with Crippen molar-refractivity contribution in [3.05, 3.63) is 17.6 Å². The minimum atomic E-state index is -1.62. The van der Waals surface area contributed by atoms with Crippen molar-refractivity contribution in [1.82, 2.24) is 9.97 Å². The Morgan fingerprint density at radius 3 is 2.38 bits per heavy atom. The molecule has 0 aromatic carbocycles. The fourth-order valence-corrected chi connectivity index (χ4v) is 2.38. The highest BCUT2D eigenvalue weighted by Gasteiger charge is 2.24. The lowest BCUT2D eigenvalue weighted by Crippen LogP contribution is -2.15. The molecular formula is C13H17Cl3N2O2S. The number of alkyl halides is 3. The number of ether oxygens (including phenoxy) is 1. The van der Waals surface area contributed by atoms with E-state index < -0.39 is 9.09 Å². The number of rotatable bonds is 4. The number of carbonyl (C=O) groups excluding carboxylic acids is 1. The molecular weight excluding hydrogens is 355 g/mol. The zero-order chi connectivity index (χ0) is 16.2. The predicted octanol–water partition coefficient (Wildman–Crippen LogP) is 5.32. The second kappa shape index (κ2) is 7.86. The average molecular weight is 372 g/mol. The maximum absolute atomic E-state index is 11.8. The summed E-state index contributed by atoms with van der Waals surface area (Å²) in [7, 11) is 0. The molecule has 118 valence electrons. The van der Waals surface area contributed by atoms with Crippen LogP contribution in [0.4, 0.5) is 4.79 Å². The molecule has 0 unspecified atom stereocenters. The lowest BCUT2D eigenvalue weighted by Gasteiger charge is -2.14. The molecule has 0 aliphatic rings. The largest absolute Gasteiger partial charge is 0.453 e. The summed E-state index contributed by atoms with van der Waals surface area (Å²) in [4.78, 5) is 20.7. The van der Waals surface area contributed by atoms with Gasteiger partial charge in [-0.2, -0.15) is 0 Å². The van der Waals surface area contributed by atoms with Crippen LogP contribution in [0, 0.1) is 0 Å². The molecule has 0 bridgehead atoms. The molecule has 0 saturated carbocycles. The first-order valence-electron chi connectivity index (χ1n) is 6.38. The summed E-state index contributed by atoms with van der Waals surface area (Å²) < 4.78 is 3.28. The number of thioether (sulfide) groups is 1. The summed E-state index contributed by atoms with van der Waals surface area (Å²) in [6, 6.07) is 0. The van der Waals surface area contributed by atoms with Crippen molar-refractivity contribution in [3.8, 4) is 0 Å². The minimum absolute atomic E-state index is 0.141. The molecule has 0 atom stereocenters. The van der Waals surface area contributed by atoms with Crippen molar-refractivity contribution < 1.29 is 9.53 Å². The second-order valence-corrected chi connectivity index (χ2v) is 8.49. The van der Waals surface area contributed by atoms with E-state index in [-0.39, 0.29) is 18.4 Å². The van der Waals surface area contributed by atoms with E-state index in [1.165, 1.54) is 0 Å². The van der Waals surface area contributed by atoms with Crippen LogP contribution < -0.4 is 0 Å². The van der Waals surface area contributed by atoms with Crippen LogP contribution in [0.2, 0.25) is 0 Å². The van der Waals surface area contributed by atoms with Gasteiger partial charge in [0.2, 0.25) is 3.79 Å². The third kappa shape index (κ3) is 6.59. The smallest absolute Gasteiger partial charge is 0.373 e. The van der Waals surface area contributed by atoms with Gasteiger partial charge in [-0.25, -0.2) is 9.78 Å². The Morgan fingerprint density at radius 1 is 1.29 bits per heavy atom. The summed E-state index contributed by atoms with van der Waals surface area (Å²) >= 11 is 17.5. The molecule has 21 heavy (non-hydrogen) atoms. The van der Waals surface area contributed by atoms with Crippen molar-refractivity contribution in [2.75, 3.05) is 6.61 Å². The van der Waals surface area contributed by atoms with Crippen LogP contribution in [0.3, 0.4) is 0 Å². The summed E-state index contributed by atoms with van der Waals surface area (Å²) in [6.07, 6.45) is 1.73. The van der Waals surface area contributed by atoms with Gasteiger partial charge in [0.25, 0.3) is 0 Å². The maximum Gasteiger partial charge on any atom is 0.373 e. The fourth-order valence-electron chi connectivity index (χ4n) is 1.39. The summed E-state index contributed by atoms with van der Waals surface area (Å²) in [5, 5.41) is -0.0380. The molecule has 0 fully saturated rings. The van der Waals surface area contributed by atoms with Crippen molar-refractivity contribution >= 4 is 51.9 Å². The molecule has 0 N–H and O–H groups in total. The minimum Gasteiger partial charge on any atom is -0.453 e. The number of carbonyl (C=O) groups is 1. The molecule has 8 heteroatoms. The first-order valence-corrected chi connectivity index (χ1v) is 8.33. The SMILES string of the molecule is CC(C)c1cnc(C(C)C)c(SC(=O)OCC(Cl)(Cl)Cl)n1. The fraction of sp³-hybridized carbons (Fsp3) is 0.615. The van der Waals surface area contributed by atoms with Gasteiger partial charge in [-0.05, 0) is 11.8 Å². The Hall–Kier alpha value is -0.230. The monoisotopic (exact) mass is 370 g/mol. The lowest BCUT2D eigenvalue weighted by molar-refractivity contribution is 0.177. The van der Waals surface area contributed by atoms with Crippen molar-refractivity contribution in [3.63, 3.8) is 0 Å². The van der Waals surface area contributed by atoms with Crippen LogP contribution in [-0.2, 0) is 4.74 Å². The predicted molar refractivity (Wildman–Crippen MR) is 87.7 cm³/mol. The molecule has 1 aromatic heterocycles. The van der Waals surface area contributed by atoms with Gasteiger partial charge >= 0.3 is 5.30 Å². The Balaban J connectivity index is 2.89. The van der Waals surface area contributed by atoms with Gasteiger partial charge in [0.05, 0.1) is 11.4 Å². The standard InChI is InChI=1S/C13H17Cl3N2O2S/c1-7(2)9-5-17-10(8(3)4)11(18-9)21-12(19)20-6-13(14,15)16/h5,7-8H,6H2,1-4H3. The second-order valence-electron chi connectivity index (χ2n) is 5.05. The first kappa shape index (κ1) is 18.8. The molecule has 0 spiro atoms. The molecule has 1 heterocycles. The van der Waals surface area contributed by atoms with E-state index in [4.69, 9.17) is 39.5 Å². The Labute approximate surface area is 143 Å². The molecule has 0 aliphatic heterocycles. The van der Waals surface area contributed by atoms with Gasteiger partial charge in [-0.1, -0.05) is 62.5 Å². The van der Waals surface area contributed by atoms with E-state index in [0.717, 1.165) is 23.1 Å². The number of hydrogen-bond donors (Lipinski definition) is 0. The first-order chi connectivity index (χ1) is 9.60. The number of aromatic nitrogens is 2. The lowest BCUT2D eigenvalue weighted by atomic mass is 10.1. The van der Waals surface area contributed by atoms with Crippen LogP contribution in [-0.4, -0.2) is 25.7 Å². The third-order valence-electron chi connectivity index (χ3n) is 2.46. The quantitative estimate of drug-likeness (QED) is 0.407. The van der Waals surface area contributed by atoms with E-state index in [2.05, 4.69) is 9.97 Å². The number of hydrogen-bond acceptors (Lipinski definition) is 5. The maximum atomic E-state index is 11.8. The van der Waals surface area contributed by atoms with Crippen LogP contribution in [0.1, 0.15) is 50.9 Å². The van der Waals surface area contributed by atoms with Crippen LogP contribution in [0.5, 0.6) is 0 Å². The van der Waals surface area contributed by atoms with Crippen LogP contribution >= 0.6 is 46.6 Å². The Kier molecular flexibility index (Phi) is 7.04. The summed E-state index contributed by atoms with van der Waals surface area (Å²) in [6.45, 7) is 7.67. The van der Waals surface area contributed by atoms with Gasteiger partial charge in [0, 0.05) is 18.0 Å².